The zero-order valence-electron chi connectivity index (χ0n) is 12.4. The molecule has 22 heavy (non-hydrogen) atoms. The molecule has 7 heteroatoms. The van der Waals surface area contributed by atoms with Crippen LogP contribution in [0.5, 0.6) is 0 Å². The quantitative estimate of drug-likeness (QED) is 0.833. The maximum Gasteiger partial charge on any atom is 0.225 e. The van der Waals surface area contributed by atoms with Crippen LogP contribution in [-0.2, 0) is 0 Å². The second-order valence-electron chi connectivity index (χ2n) is 6.02. The molecule has 0 bridgehead atoms. The Morgan fingerprint density at radius 1 is 1.09 bits per heavy atom. The lowest BCUT2D eigenvalue weighted by atomic mass is 10.0. The third-order valence-electron chi connectivity index (χ3n) is 4.50. The first-order chi connectivity index (χ1) is 10.7. The molecule has 2 aliphatic rings. The van der Waals surface area contributed by atoms with Gasteiger partial charge in [-0.15, -0.1) is 0 Å². The summed E-state index contributed by atoms with van der Waals surface area (Å²) in [5.74, 6) is 1.87. The maximum atomic E-state index is 13.8. The Hall–Kier alpha value is -2.31. The summed E-state index contributed by atoms with van der Waals surface area (Å²) in [6.45, 7) is 5.44. The molecule has 2 aromatic heterocycles. The summed E-state index contributed by atoms with van der Waals surface area (Å²) in [4.78, 5) is 20.9. The lowest BCUT2D eigenvalue weighted by molar-refractivity contribution is 0.533. The fourth-order valence-corrected chi connectivity index (χ4v) is 3.46. The second-order valence-corrected chi connectivity index (χ2v) is 6.02. The zero-order chi connectivity index (χ0) is 15.1. The Morgan fingerprint density at radius 3 is 2.50 bits per heavy atom. The largest absolute Gasteiger partial charge is 0.353 e. The molecule has 2 atom stereocenters. The van der Waals surface area contributed by atoms with Gasteiger partial charge in [-0.1, -0.05) is 0 Å². The van der Waals surface area contributed by atoms with Crippen LogP contribution in [0.1, 0.15) is 5.69 Å². The molecule has 2 unspecified atom stereocenters. The predicted octanol–water partition coefficient (Wildman–Crippen LogP) is 1.29. The second kappa shape index (κ2) is 5.15. The molecule has 4 rings (SSSR count). The monoisotopic (exact) mass is 300 g/mol. The van der Waals surface area contributed by atoms with Crippen molar-refractivity contribution in [2.45, 2.75) is 6.92 Å². The van der Waals surface area contributed by atoms with Crippen LogP contribution in [0.4, 0.5) is 16.2 Å². The topological polar surface area (TPSA) is 58.0 Å². The van der Waals surface area contributed by atoms with E-state index in [1.165, 1.54) is 12.5 Å². The number of fused-ring (bicyclic) bond motifs is 1. The summed E-state index contributed by atoms with van der Waals surface area (Å²) in [5, 5.41) is 0. The number of aryl methyl sites for hydroxylation is 1. The standard InChI is InChI=1S/C15H17FN6/c1-10-2-3-18-15(20-10)22-7-11-5-21(6-12(11)8-22)14-13(16)4-17-9-19-14/h2-4,9,11-12H,5-8H2,1H3. The van der Waals surface area contributed by atoms with E-state index in [0.29, 0.717) is 17.7 Å². The molecule has 2 aromatic rings. The van der Waals surface area contributed by atoms with E-state index < -0.39 is 0 Å². The van der Waals surface area contributed by atoms with Gasteiger partial charge >= 0.3 is 0 Å². The molecule has 0 aromatic carbocycles. The van der Waals surface area contributed by atoms with E-state index in [0.717, 1.165) is 37.8 Å². The molecule has 0 amide bonds. The fourth-order valence-electron chi connectivity index (χ4n) is 3.46. The van der Waals surface area contributed by atoms with Gasteiger partial charge in [0, 0.05) is 49.9 Å². The third kappa shape index (κ3) is 2.26. The number of nitrogens with zero attached hydrogens (tertiary/aromatic N) is 6. The van der Waals surface area contributed by atoms with E-state index in [4.69, 9.17) is 0 Å². The minimum absolute atomic E-state index is 0.346. The normalized spacial score (nSPS) is 23.9. The average Bonchev–Trinajstić information content (AvgIpc) is 3.06. The molecule has 0 radical (unpaired) electrons. The van der Waals surface area contributed by atoms with Gasteiger partial charge in [0.25, 0.3) is 0 Å². The van der Waals surface area contributed by atoms with E-state index in [1.54, 1.807) is 6.20 Å². The number of halogens is 1. The van der Waals surface area contributed by atoms with Crippen molar-refractivity contribution in [1.29, 1.82) is 0 Å². The molecule has 2 fully saturated rings. The summed E-state index contributed by atoms with van der Waals surface area (Å²) >= 11 is 0. The van der Waals surface area contributed by atoms with Crippen LogP contribution in [0.25, 0.3) is 0 Å². The van der Waals surface area contributed by atoms with Crippen molar-refractivity contribution in [2.24, 2.45) is 11.8 Å². The Bertz CT molecular complexity index is 679. The van der Waals surface area contributed by atoms with Gasteiger partial charge in [0.05, 0.1) is 6.20 Å². The summed E-state index contributed by atoms with van der Waals surface area (Å²) < 4.78 is 13.8. The maximum absolute atomic E-state index is 13.8. The number of rotatable bonds is 2. The van der Waals surface area contributed by atoms with E-state index in [-0.39, 0.29) is 5.82 Å². The first kappa shape index (κ1) is 13.4. The fraction of sp³-hybridized carbons (Fsp3) is 0.467. The smallest absolute Gasteiger partial charge is 0.225 e. The minimum Gasteiger partial charge on any atom is -0.353 e. The van der Waals surface area contributed by atoms with Crippen LogP contribution in [0.3, 0.4) is 0 Å². The highest BCUT2D eigenvalue weighted by molar-refractivity contribution is 5.42. The lowest BCUT2D eigenvalue weighted by Crippen LogP contribution is -2.30. The molecular weight excluding hydrogens is 283 g/mol. The third-order valence-corrected chi connectivity index (χ3v) is 4.50. The number of anilines is 2. The Morgan fingerprint density at radius 2 is 1.82 bits per heavy atom. The van der Waals surface area contributed by atoms with Crippen molar-refractivity contribution in [2.75, 3.05) is 36.0 Å². The molecule has 0 aliphatic carbocycles. The van der Waals surface area contributed by atoms with Crippen LogP contribution in [0.15, 0.2) is 24.8 Å². The van der Waals surface area contributed by atoms with Gasteiger partial charge in [0.1, 0.15) is 6.33 Å². The van der Waals surface area contributed by atoms with Gasteiger partial charge in [0.2, 0.25) is 5.95 Å². The van der Waals surface area contributed by atoms with Crippen molar-refractivity contribution in [3.8, 4) is 0 Å². The van der Waals surface area contributed by atoms with Crippen molar-refractivity contribution < 1.29 is 4.39 Å². The molecule has 0 saturated carbocycles. The molecule has 0 spiro atoms. The number of hydrogen-bond donors (Lipinski definition) is 0. The Labute approximate surface area is 128 Å². The van der Waals surface area contributed by atoms with Crippen LogP contribution >= 0.6 is 0 Å². The number of hydrogen-bond acceptors (Lipinski definition) is 6. The van der Waals surface area contributed by atoms with Crippen LogP contribution in [0, 0.1) is 24.6 Å². The Kier molecular flexibility index (Phi) is 3.13. The summed E-state index contributed by atoms with van der Waals surface area (Å²) in [6.07, 6.45) is 4.43. The van der Waals surface area contributed by atoms with Gasteiger partial charge in [-0.3, -0.25) is 0 Å². The minimum atomic E-state index is -0.346. The molecule has 0 N–H and O–H groups in total. The van der Waals surface area contributed by atoms with Crippen LogP contribution < -0.4 is 9.80 Å². The molecule has 2 saturated heterocycles. The average molecular weight is 300 g/mol. The lowest BCUT2D eigenvalue weighted by Gasteiger charge is -2.22. The van der Waals surface area contributed by atoms with Crippen LogP contribution in [-0.4, -0.2) is 46.1 Å². The molecular formula is C15H17FN6. The molecule has 4 heterocycles. The molecule has 2 aliphatic heterocycles. The van der Waals surface area contributed by atoms with E-state index >= 15 is 0 Å². The highest BCUT2D eigenvalue weighted by atomic mass is 19.1. The highest BCUT2D eigenvalue weighted by Crippen LogP contribution is 2.35. The van der Waals surface area contributed by atoms with Gasteiger partial charge in [0.15, 0.2) is 11.6 Å². The van der Waals surface area contributed by atoms with Gasteiger partial charge in [-0.2, -0.15) is 0 Å². The van der Waals surface area contributed by atoms with Crippen molar-refractivity contribution in [3.05, 3.63) is 36.3 Å². The predicted molar refractivity (Wildman–Crippen MR) is 80.2 cm³/mol. The van der Waals surface area contributed by atoms with Gasteiger partial charge in [-0.25, -0.2) is 24.3 Å². The molecule has 6 nitrogen and oxygen atoms in total. The first-order valence-electron chi connectivity index (χ1n) is 7.46. The summed E-state index contributed by atoms with van der Waals surface area (Å²) in [6, 6.07) is 1.90. The summed E-state index contributed by atoms with van der Waals surface area (Å²) in [7, 11) is 0. The summed E-state index contributed by atoms with van der Waals surface area (Å²) in [5.41, 5.74) is 0.978. The van der Waals surface area contributed by atoms with Gasteiger partial charge in [-0.05, 0) is 13.0 Å². The van der Waals surface area contributed by atoms with Gasteiger partial charge < -0.3 is 9.80 Å². The zero-order valence-corrected chi connectivity index (χ0v) is 12.4. The highest BCUT2D eigenvalue weighted by Gasteiger charge is 2.41. The van der Waals surface area contributed by atoms with E-state index in [2.05, 4.69) is 24.8 Å². The first-order valence-corrected chi connectivity index (χ1v) is 7.46. The number of aromatic nitrogens is 4. The van der Waals surface area contributed by atoms with Crippen molar-refractivity contribution >= 4 is 11.8 Å². The molecule has 114 valence electrons. The van der Waals surface area contributed by atoms with Crippen LogP contribution in [0.2, 0.25) is 0 Å². The Balaban J connectivity index is 1.48. The van der Waals surface area contributed by atoms with E-state index in [9.17, 15) is 4.39 Å². The van der Waals surface area contributed by atoms with Crippen molar-refractivity contribution in [3.63, 3.8) is 0 Å². The SMILES string of the molecule is Cc1ccnc(N2CC3CN(c4ncncc4F)CC3C2)n1. The van der Waals surface area contributed by atoms with Crippen molar-refractivity contribution in [1.82, 2.24) is 19.9 Å². The van der Waals surface area contributed by atoms with E-state index in [1.807, 2.05) is 17.9 Å².